The molecule has 0 aliphatic carbocycles. The van der Waals surface area contributed by atoms with Crippen molar-refractivity contribution >= 4 is 35.9 Å². The number of esters is 1. The van der Waals surface area contributed by atoms with Crippen molar-refractivity contribution in [2.75, 3.05) is 41.0 Å². The fourth-order valence-electron chi connectivity index (χ4n) is 3.17. The number of rotatable bonds is 6. The zero-order valence-electron chi connectivity index (χ0n) is 16.7. The van der Waals surface area contributed by atoms with Crippen LogP contribution in [-0.4, -0.2) is 57.8 Å². The Bertz CT molecular complexity index is 654. The average molecular weight is 491 g/mol. The van der Waals surface area contributed by atoms with E-state index in [-0.39, 0.29) is 41.8 Å². The second kappa shape index (κ2) is 11.2. The number of carbonyl (C=O) groups is 1. The smallest absolute Gasteiger partial charge is 0.310 e. The number of hydrogen-bond acceptors (Lipinski definition) is 5. The predicted octanol–water partition coefficient (Wildman–Crippen LogP) is 2.53. The van der Waals surface area contributed by atoms with Gasteiger partial charge in [0.25, 0.3) is 0 Å². The highest BCUT2D eigenvalue weighted by molar-refractivity contribution is 14.0. The van der Waals surface area contributed by atoms with Crippen LogP contribution < -0.4 is 14.8 Å². The molecule has 2 unspecified atom stereocenters. The lowest BCUT2D eigenvalue weighted by Gasteiger charge is -2.21. The topological polar surface area (TPSA) is 72.4 Å². The summed E-state index contributed by atoms with van der Waals surface area (Å²) in [6.45, 7) is 6.76. The highest BCUT2D eigenvalue weighted by atomic mass is 127. The monoisotopic (exact) mass is 491 g/mol. The molecule has 27 heavy (non-hydrogen) atoms. The number of nitrogens with one attached hydrogen (secondary N) is 1. The van der Waals surface area contributed by atoms with Gasteiger partial charge in [0.1, 0.15) is 0 Å². The standard InChI is InChI=1S/C19H29N3O4.HI/c1-6-20-19(22-11-13(2)15(12-22)18(23)26-5)21-10-14-7-8-16(24-3)17(9-14)25-4;/h7-9,13,15H,6,10-12H2,1-5H3,(H,20,21);1H. The van der Waals surface area contributed by atoms with Gasteiger partial charge in [-0.15, -0.1) is 24.0 Å². The minimum absolute atomic E-state index is 0. The summed E-state index contributed by atoms with van der Waals surface area (Å²) >= 11 is 0. The molecular weight excluding hydrogens is 461 g/mol. The Balaban J connectivity index is 0.00000364. The lowest BCUT2D eigenvalue weighted by molar-refractivity contribution is -0.145. The largest absolute Gasteiger partial charge is 0.493 e. The molecule has 0 bridgehead atoms. The summed E-state index contributed by atoms with van der Waals surface area (Å²) in [6, 6.07) is 5.77. The Labute approximate surface area is 178 Å². The zero-order chi connectivity index (χ0) is 19.1. The predicted molar refractivity (Wildman–Crippen MR) is 116 cm³/mol. The van der Waals surface area contributed by atoms with Crippen LogP contribution in [0.2, 0.25) is 0 Å². The molecule has 1 aliphatic heterocycles. The SMILES string of the molecule is CCNC(=NCc1ccc(OC)c(OC)c1)N1CC(C)C(C(=O)OC)C1.I. The van der Waals surface area contributed by atoms with E-state index >= 15 is 0 Å². The summed E-state index contributed by atoms with van der Waals surface area (Å²) in [5.74, 6) is 2.14. The second-order valence-corrected chi connectivity index (χ2v) is 6.37. The number of ether oxygens (including phenoxy) is 3. The minimum atomic E-state index is -0.157. The lowest BCUT2D eigenvalue weighted by Crippen LogP contribution is -2.40. The molecule has 0 aromatic heterocycles. The van der Waals surface area contributed by atoms with E-state index in [1.54, 1.807) is 14.2 Å². The molecule has 2 atom stereocenters. The van der Waals surface area contributed by atoms with E-state index in [9.17, 15) is 4.79 Å². The molecule has 7 nitrogen and oxygen atoms in total. The van der Waals surface area contributed by atoms with Crippen LogP contribution in [0.4, 0.5) is 0 Å². The normalized spacial score (nSPS) is 19.3. The molecule has 1 aromatic rings. The molecule has 0 amide bonds. The third-order valence-electron chi connectivity index (χ3n) is 4.61. The Morgan fingerprint density at radius 3 is 2.52 bits per heavy atom. The molecule has 152 valence electrons. The molecule has 1 fully saturated rings. The number of methoxy groups -OCH3 is 3. The second-order valence-electron chi connectivity index (χ2n) is 6.37. The van der Waals surface area contributed by atoms with Gasteiger partial charge in [-0.3, -0.25) is 4.79 Å². The number of aliphatic imine (C=N–C) groups is 1. The Morgan fingerprint density at radius 2 is 1.93 bits per heavy atom. The molecule has 1 heterocycles. The van der Waals surface area contributed by atoms with Gasteiger partial charge in [-0.05, 0) is 30.5 Å². The summed E-state index contributed by atoms with van der Waals surface area (Å²) in [4.78, 5) is 18.8. The molecular formula is C19H30IN3O4. The molecule has 8 heteroatoms. The summed E-state index contributed by atoms with van der Waals surface area (Å²) in [7, 11) is 4.67. The Morgan fingerprint density at radius 1 is 1.22 bits per heavy atom. The fraction of sp³-hybridized carbons (Fsp3) is 0.579. The first-order valence-corrected chi connectivity index (χ1v) is 8.86. The molecule has 1 saturated heterocycles. The van der Waals surface area contributed by atoms with Crippen molar-refractivity contribution in [1.82, 2.24) is 10.2 Å². The van der Waals surface area contributed by atoms with Crippen molar-refractivity contribution in [2.45, 2.75) is 20.4 Å². The maximum absolute atomic E-state index is 11.9. The van der Waals surface area contributed by atoms with Crippen molar-refractivity contribution < 1.29 is 19.0 Å². The minimum Gasteiger partial charge on any atom is -0.493 e. The van der Waals surface area contributed by atoms with E-state index < -0.39 is 0 Å². The average Bonchev–Trinajstić information content (AvgIpc) is 3.05. The van der Waals surface area contributed by atoms with E-state index in [0.29, 0.717) is 24.6 Å². The summed E-state index contributed by atoms with van der Waals surface area (Å²) < 4.78 is 15.5. The van der Waals surface area contributed by atoms with Crippen LogP contribution in [0.5, 0.6) is 11.5 Å². The van der Waals surface area contributed by atoms with Gasteiger partial charge in [-0.1, -0.05) is 13.0 Å². The Kier molecular flexibility index (Phi) is 9.68. The van der Waals surface area contributed by atoms with Gasteiger partial charge in [0, 0.05) is 19.6 Å². The van der Waals surface area contributed by atoms with E-state index in [2.05, 4.69) is 17.1 Å². The summed E-state index contributed by atoms with van der Waals surface area (Å²) in [6.07, 6.45) is 0. The number of benzene rings is 1. The van der Waals surface area contributed by atoms with Crippen LogP contribution in [0.15, 0.2) is 23.2 Å². The van der Waals surface area contributed by atoms with E-state index in [0.717, 1.165) is 24.6 Å². The third kappa shape index (κ3) is 5.88. The van der Waals surface area contributed by atoms with Gasteiger partial charge in [0.2, 0.25) is 0 Å². The van der Waals surface area contributed by atoms with Crippen molar-refractivity contribution in [3.05, 3.63) is 23.8 Å². The van der Waals surface area contributed by atoms with E-state index in [1.807, 2.05) is 25.1 Å². The van der Waals surface area contributed by atoms with Crippen LogP contribution in [-0.2, 0) is 16.1 Å². The number of carbonyl (C=O) groups excluding carboxylic acids is 1. The highest BCUT2D eigenvalue weighted by Gasteiger charge is 2.36. The highest BCUT2D eigenvalue weighted by Crippen LogP contribution is 2.28. The van der Waals surface area contributed by atoms with Gasteiger partial charge in [0.05, 0.1) is 33.8 Å². The van der Waals surface area contributed by atoms with E-state index in [1.165, 1.54) is 7.11 Å². The van der Waals surface area contributed by atoms with Gasteiger partial charge >= 0.3 is 5.97 Å². The summed E-state index contributed by atoms with van der Waals surface area (Å²) in [5.41, 5.74) is 1.02. The third-order valence-corrected chi connectivity index (χ3v) is 4.61. The van der Waals surface area contributed by atoms with Crippen LogP contribution >= 0.6 is 24.0 Å². The van der Waals surface area contributed by atoms with Crippen LogP contribution in [0.3, 0.4) is 0 Å². The molecule has 1 aliphatic rings. The number of guanidine groups is 1. The van der Waals surface area contributed by atoms with Crippen LogP contribution in [0.25, 0.3) is 0 Å². The molecule has 1 aromatic carbocycles. The number of hydrogen-bond donors (Lipinski definition) is 1. The summed E-state index contributed by atoms with van der Waals surface area (Å²) in [5, 5.41) is 3.31. The molecule has 2 rings (SSSR count). The first-order chi connectivity index (χ1) is 12.5. The molecule has 1 N–H and O–H groups in total. The molecule has 0 saturated carbocycles. The quantitative estimate of drug-likeness (QED) is 0.286. The van der Waals surface area contributed by atoms with Crippen molar-refractivity contribution in [1.29, 1.82) is 0 Å². The maximum Gasteiger partial charge on any atom is 0.310 e. The van der Waals surface area contributed by atoms with E-state index in [4.69, 9.17) is 19.2 Å². The fourth-order valence-corrected chi connectivity index (χ4v) is 3.17. The zero-order valence-corrected chi connectivity index (χ0v) is 19.0. The van der Waals surface area contributed by atoms with Gasteiger partial charge < -0.3 is 24.4 Å². The van der Waals surface area contributed by atoms with Gasteiger partial charge in [-0.2, -0.15) is 0 Å². The first-order valence-electron chi connectivity index (χ1n) is 8.86. The van der Waals surface area contributed by atoms with Crippen LogP contribution in [0, 0.1) is 11.8 Å². The lowest BCUT2D eigenvalue weighted by atomic mass is 9.99. The number of nitrogens with zero attached hydrogens (tertiary/aromatic N) is 2. The molecule has 0 spiro atoms. The van der Waals surface area contributed by atoms with Gasteiger partial charge in [-0.25, -0.2) is 4.99 Å². The molecule has 0 radical (unpaired) electrons. The number of likely N-dealkylation sites (tertiary alicyclic amines) is 1. The number of halogens is 1. The van der Waals surface area contributed by atoms with Crippen molar-refractivity contribution in [3.8, 4) is 11.5 Å². The Hall–Kier alpha value is -1.71. The first kappa shape index (κ1) is 23.3. The van der Waals surface area contributed by atoms with Gasteiger partial charge in [0.15, 0.2) is 17.5 Å². The van der Waals surface area contributed by atoms with Crippen molar-refractivity contribution in [3.63, 3.8) is 0 Å². The van der Waals surface area contributed by atoms with Crippen molar-refractivity contribution in [2.24, 2.45) is 16.8 Å². The van der Waals surface area contributed by atoms with Crippen LogP contribution in [0.1, 0.15) is 19.4 Å². The maximum atomic E-state index is 11.9.